The van der Waals surface area contributed by atoms with Gasteiger partial charge >= 0.3 is 0 Å². The number of hydrogen-bond acceptors (Lipinski definition) is 5. The molecule has 0 bridgehead atoms. The first-order valence-electron chi connectivity index (χ1n) is 9.39. The van der Waals surface area contributed by atoms with Crippen molar-refractivity contribution >= 4 is 33.3 Å². The van der Waals surface area contributed by atoms with Gasteiger partial charge in [0.25, 0.3) is 0 Å². The predicted octanol–water partition coefficient (Wildman–Crippen LogP) is 3.66. The van der Waals surface area contributed by atoms with Gasteiger partial charge in [-0.1, -0.05) is 24.3 Å². The molecular weight excluding hydrogens is 356 g/mol. The van der Waals surface area contributed by atoms with E-state index in [2.05, 4.69) is 62.4 Å². The molecule has 0 aliphatic carbocycles. The van der Waals surface area contributed by atoms with E-state index in [1.54, 1.807) is 24.6 Å². The van der Waals surface area contributed by atoms with Crippen LogP contribution in [0.5, 0.6) is 0 Å². The van der Waals surface area contributed by atoms with Crippen molar-refractivity contribution in [3.63, 3.8) is 0 Å². The van der Waals surface area contributed by atoms with E-state index in [-0.39, 0.29) is 11.9 Å². The Morgan fingerprint density at radius 2 is 2.00 bits per heavy atom. The van der Waals surface area contributed by atoms with Gasteiger partial charge in [0.15, 0.2) is 0 Å². The molecule has 4 heterocycles. The Morgan fingerprint density at radius 3 is 2.81 bits per heavy atom. The summed E-state index contributed by atoms with van der Waals surface area (Å²) >= 11 is 1.65. The average molecular weight is 379 g/mol. The topological polar surface area (TPSA) is 49.3 Å². The molecule has 5 nitrogen and oxygen atoms in total. The van der Waals surface area contributed by atoms with Crippen molar-refractivity contribution in [3.05, 3.63) is 53.2 Å². The molecule has 1 aromatic carbocycles. The van der Waals surface area contributed by atoms with Crippen molar-refractivity contribution in [1.29, 1.82) is 0 Å². The number of anilines is 1. The Balaban J connectivity index is 1.51. The second-order valence-electron chi connectivity index (χ2n) is 7.64. The van der Waals surface area contributed by atoms with Gasteiger partial charge in [-0.15, -0.1) is 11.3 Å². The van der Waals surface area contributed by atoms with Crippen LogP contribution in [-0.2, 0) is 4.79 Å². The summed E-state index contributed by atoms with van der Waals surface area (Å²) in [6.45, 7) is 6.54. The van der Waals surface area contributed by atoms with Crippen LogP contribution < -0.4 is 4.90 Å². The number of carbonyl (C=O) groups excluding carboxylic acids is 1. The Morgan fingerprint density at radius 1 is 1.15 bits per heavy atom. The van der Waals surface area contributed by atoms with E-state index < -0.39 is 0 Å². The van der Waals surface area contributed by atoms with Gasteiger partial charge in [-0.25, -0.2) is 9.97 Å². The number of thiophene rings is 1. The first kappa shape index (κ1) is 16.7. The zero-order chi connectivity index (χ0) is 18.5. The molecule has 0 unspecified atom stereocenters. The molecule has 0 radical (unpaired) electrons. The first-order valence-corrected chi connectivity index (χ1v) is 10.3. The van der Waals surface area contributed by atoms with Crippen LogP contribution in [0.25, 0.3) is 10.2 Å². The Labute approximate surface area is 162 Å². The smallest absolute Gasteiger partial charge is 0.219 e. The Hall–Kier alpha value is -2.47. The molecule has 5 rings (SSSR count). The number of likely N-dealkylation sites (tertiary alicyclic amines) is 1. The highest BCUT2D eigenvalue weighted by atomic mass is 32.1. The lowest BCUT2D eigenvalue weighted by atomic mass is 9.87. The van der Waals surface area contributed by atoms with E-state index in [0.717, 1.165) is 35.7 Å². The highest BCUT2D eigenvalue weighted by molar-refractivity contribution is 7.16. The second kappa shape index (κ2) is 6.30. The molecule has 0 spiro atoms. The van der Waals surface area contributed by atoms with Gasteiger partial charge < -0.3 is 9.80 Å². The number of carbonyl (C=O) groups is 1. The van der Waals surface area contributed by atoms with Crippen molar-refractivity contribution in [2.24, 2.45) is 11.8 Å². The quantitative estimate of drug-likeness (QED) is 0.683. The van der Waals surface area contributed by atoms with E-state index in [1.165, 1.54) is 11.1 Å². The van der Waals surface area contributed by atoms with Gasteiger partial charge in [-0.2, -0.15) is 0 Å². The SMILES string of the molecule is CC(=O)N1C[C@H]2CN(c3ncnc4sccc34)C[C@H]2[C@H]1c1ccccc1C. The fourth-order valence-corrected chi connectivity index (χ4v) is 5.62. The summed E-state index contributed by atoms with van der Waals surface area (Å²) in [5.41, 5.74) is 2.54. The molecule has 0 N–H and O–H groups in total. The third-order valence-corrected chi connectivity index (χ3v) is 6.94. The minimum absolute atomic E-state index is 0.151. The first-order chi connectivity index (χ1) is 13.1. The van der Waals surface area contributed by atoms with Crippen LogP contribution in [0.1, 0.15) is 24.1 Å². The maximum absolute atomic E-state index is 12.4. The summed E-state index contributed by atoms with van der Waals surface area (Å²) in [7, 11) is 0. The van der Waals surface area contributed by atoms with Crippen LogP contribution in [0.3, 0.4) is 0 Å². The molecule has 27 heavy (non-hydrogen) atoms. The van der Waals surface area contributed by atoms with Crippen LogP contribution in [0.15, 0.2) is 42.0 Å². The molecule has 3 aromatic rings. The minimum Gasteiger partial charge on any atom is -0.355 e. The highest BCUT2D eigenvalue weighted by Gasteiger charge is 2.49. The largest absolute Gasteiger partial charge is 0.355 e. The highest BCUT2D eigenvalue weighted by Crippen LogP contribution is 2.47. The summed E-state index contributed by atoms with van der Waals surface area (Å²) in [5.74, 6) is 2.11. The van der Waals surface area contributed by atoms with Crippen LogP contribution in [-0.4, -0.2) is 40.4 Å². The monoisotopic (exact) mass is 378 g/mol. The molecule has 3 atom stereocenters. The number of benzene rings is 1. The van der Waals surface area contributed by atoms with Gasteiger partial charge in [0.05, 0.1) is 11.4 Å². The van der Waals surface area contributed by atoms with Crippen LogP contribution in [0.2, 0.25) is 0 Å². The second-order valence-corrected chi connectivity index (χ2v) is 8.53. The lowest BCUT2D eigenvalue weighted by Gasteiger charge is -2.30. The number of amides is 1. The minimum atomic E-state index is 0.151. The predicted molar refractivity (Wildman–Crippen MR) is 108 cm³/mol. The van der Waals surface area contributed by atoms with E-state index in [1.807, 2.05) is 0 Å². The summed E-state index contributed by atoms with van der Waals surface area (Å²) < 4.78 is 0. The van der Waals surface area contributed by atoms with Crippen LogP contribution in [0, 0.1) is 18.8 Å². The number of nitrogens with zero attached hydrogens (tertiary/aromatic N) is 4. The third-order valence-electron chi connectivity index (χ3n) is 6.12. The molecule has 1 amide bonds. The fraction of sp³-hybridized carbons (Fsp3) is 0.381. The van der Waals surface area contributed by atoms with Gasteiger partial charge in [-0.05, 0) is 29.5 Å². The number of aromatic nitrogens is 2. The Kier molecular flexibility index (Phi) is 3.90. The number of rotatable bonds is 2. The number of hydrogen-bond donors (Lipinski definition) is 0. The zero-order valence-corrected chi connectivity index (χ0v) is 16.3. The lowest BCUT2D eigenvalue weighted by molar-refractivity contribution is -0.130. The number of aryl methyl sites for hydroxylation is 1. The molecule has 6 heteroatoms. The summed E-state index contributed by atoms with van der Waals surface area (Å²) in [6, 6.07) is 10.7. The summed E-state index contributed by atoms with van der Waals surface area (Å²) in [6.07, 6.45) is 1.67. The maximum atomic E-state index is 12.4. The van der Waals surface area contributed by atoms with Crippen molar-refractivity contribution in [2.45, 2.75) is 19.9 Å². The summed E-state index contributed by atoms with van der Waals surface area (Å²) in [5, 5.41) is 3.21. The molecule has 2 fully saturated rings. The summed E-state index contributed by atoms with van der Waals surface area (Å²) in [4.78, 5) is 26.9. The van der Waals surface area contributed by atoms with E-state index >= 15 is 0 Å². The standard InChI is InChI=1S/C21H22N4OS/c1-13-5-3-4-6-16(13)19-18-11-24(9-15(18)10-25(19)14(2)26)20-17-7-8-27-21(17)23-12-22-20/h3-8,12,15,18-19H,9-11H2,1-2H3/t15-,18-,19-/m1/s1. The maximum Gasteiger partial charge on any atom is 0.219 e. The van der Waals surface area contributed by atoms with Gasteiger partial charge in [0.2, 0.25) is 5.91 Å². The van der Waals surface area contributed by atoms with Crippen molar-refractivity contribution < 1.29 is 4.79 Å². The van der Waals surface area contributed by atoms with E-state index in [0.29, 0.717) is 11.8 Å². The normalized spacial score (nSPS) is 24.6. The Bertz CT molecular complexity index is 1020. The van der Waals surface area contributed by atoms with Gasteiger partial charge in [-0.3, -0.25) is 4.79 Å². The zero-order valence-electron chi connectivity index (χ0n) is 15.5. The van der Waals surface area contributed by atoms with Crippen molar-refractivity contribution in [3.8, 4) is 0 Å². The molecule has 2 aliphatic heterocycles. The van der Waals surface area contributed by atoms with Crippen molar-refractivity contribution in [2.75, 3.05) is 24.5 Å². The molecule has 0 saturated carbocycles. The van der Waals surface area contributed by atoms with Crippen LogP contribution in [0.4, 0.5) is 5.82 Å². The lowest BCUT2D eigenvalue weighted by Crippen LogP contribution is -2.34. The molecular formula is C21H22N4OS. The molecule has 2 aliphatic rings. The molecule has 138 valence electrons. The fourth-order valence-electron chi connectivity index (χ4n) is 4.89. The average Bonchev–Trinajstić information content (AvgIpc) is 3.35. The van der Waals surface area contributed by atoms with E-state index in [4.69, 9.17) is 0 Å². The van der Waals surface area contributed by atoms with E-state index in [9.17, 15) is 4.79 Å². The number of fused-ring (bicyclic) bond motifs is 2. The van der Waals surface area contributed by atoms with Gasteiger partial charge in [0.1, 0.15) is 17.0 Å². The van der Waals surface area contributed by atoms with Crippen LogP contribution >= 0.6 is 11.3 Å². The van der Waals surface area contributed by atoms with Gasteiger partial charge in [0, 0.05) is 38.4 Å². The third kappa shape index (κ3) is 2.62. The van der Waals surface area contributed by atoms with Crippen molar-refractivity contribution in [1.82, 2.24) is 14.9 Å². The molecule has 2 saturated heterocycles. The molecule has 2 aromatic heterocycles.